The summed E-state index contributed by atoms with van der Waals surface area (Å²) in [4.78, 5) is 14.4. The maximum Gasteiger partial charge on any atom is 0.269 e. The Morgan fingerprint density at radius 1 is 1.31 bits per heavy atom. The third kappa shape index (κ3) is 5.74. The first-order valence-corrected chi connectivity index (χ1v) is 11.0. The van der Waals surface area contributed by atoms with Gasteiger partial charge in [0.2, 0.25) is 10.0 Å². The van der Waals surface area contributed by atoms with Gasteiger partial charge in [-0.2, -0.15) is 0 Å². The summed E-state index contributed by atoms with van der Waals surface area (Å²) in [6, 6.07) is 10.2. The van der Waals surface area contributed by atoms with Crippen molar-refractivity contribution >= 4 is 27.5 Å². The van der Waals surface area contributed by atoms with E-state index in [-0.39, 0.29) is 16.3 Å². The van der Waals surface area contributed by atoms with Crippen LogP contribution in [0.5, 0.6) is 0 Å². The van der Waals surface area contributed by atoms with E-state index >= 15 is 0 Å². The largest absolute Gasteiger partial charge is 0.374 e. The quantitative estimate of drug-likeness (QED) is 0.596. The number of hydrogen-bond donors (Lipinski definition) is 3. The minimum Gasteiger partial charge on any atom is -0.374 e. The molecule has 29 heavy (non-hydrogen) atoms. The van der Waals surface area contributed by atoms with Crippen LogP contribution in [0.15, 0.2) is 36.4 Å². The van der Waals surface area contributed by atoms with E-state index in [1.54, 1.807) is 6.07 Å². The van der Waals surface area contributed by atoms with Crippen LogP contribution in [-0.2, 0) is 14.8 Å². The highest BCUT2D eigenvalue weighted by molar-refractivity contribution is 7.89. The number of aryl methyl sites for hydroxylation is 1. The molecule has 0 aliphatic carbocycles. The fourth-order valence-corrected chi connectivity index (χ4v) is 4.20. The number of hydrogen-bond acceptors (Lipinski definition) is 5. The minimum atomic E-state index is -3.88. The molecule has 3 N–H and O–H groups in total. The summed E-state index contributed by atoms with van der Waals surface area (Å²) in [5.74, 6) is -2.22. The van der Waals surface area contributed by atoms with Crippen LogP contribution >= 0.6 is 11.6 Å². The third-order valence-electron chi connectivity index (χ3n) is 4.35. The third-order valence-corrected chi connectivity index (χ3v) is 5.85. The van der Waals surface area contributed by atoms with Gasteiger partial charge in [-0.3, -0.25) is 10.2 Å². The molecule has 1 atom stereocenters. The van der Waals surface area contributed by atoms with Gasteiger partial charge in [0.15, 0.2) is 5.82 Å². The molecule has 0 saturated carbocycles. The Morgan fingerprint density at radius 2 is 2.10 bits per heavy atom. The monoisotopic (exact) mass is 441 g/mol. The molecule has 2 aromatic rings. The lowest BCUT2D eigenvalue weighted by Crippen LogP contribution is -2.48. The van der Waals surface area contributed by atoms with Crippen molar-refractivity contribution in [3.8, 4) is 11.1 Å². The summed E-state index contributed by atoms with van der Waals surface area (Å²) in [6.45, 7) is 3.35. The standard InChI is InChI=1S/C19H21ClFN3O4S/c1-12-3-2-4-13(7-12)14-8-16(18(21)17(20)9-14)19(25)23-24-29(26,27)11-15-10-22-5-6-28-15/h2-4,7-9,15,22,24H,5-6,10-11H2,1H3,(H,23,25). The van der Waals surface area contributed by atoms with Crippen molar-refractivity contribution in [1.82, 2.24) is 15.6 Å². The van der Waals surface area contributed by atoms with E-state index in [1.807, 2.05) is 35.4 Å². The van der Waals surface area contributed by atoms with Gasteiger partial charge in [0.25, 0.3) is 5.91 Å². The van der Waals surface area contributed by atoms with E-state index in [9.17, 15) is 17.6 Å². The number of amides is 1. The topological polar surface area (TPSA) is 96.5 Å². The highest BCUT2D eigenvalue weighted by Crippen LogP contribution is 2.28. The average molecular weight is 442 g/mol. The number of nitrogens with one attached hydrogen (secondary N) is 3. The predicted molar refractivity (Wildman–Crippen MR) is 109 cm³/mol. The van der Waals surface area contributed by atoms with Gasteiger partial charge in [-0.05, 0) is 30.2 Å². The van der Waals surface area contributed by atoms with Gasteiger partial charge < -0.3 is 10.1 Å². The first-order valence-electron chi connectivity index (χ1n) is 8.93. The second-order valence-electron chi connectivity index (χ2n) is 6.72. The van der Waals surface area contributed by atoms with Crippen molar-refractivity contribution < 1.29 is 22.3 Å². The molecule has 0 spiro atoms. The zero-order valence-electron chi connectivity index (χ0n) is 15.7. The molecule has 7 nitrogen and oxygen atoms in total. The van der Waals surface area contributed by atoms with E-state index in [2.05, 4.69) is 5.32 Å². The summed E-state index contributed by atoms with van der Waals surface area (Å²) in [7, 11) is -3.88. The number of carbonyl (C=O) groups excluding carboxylic acids is 1. The van der Waals surface area contributed by atoms with Crippen LogP contribution in [0.2, 0.25) is 5.02 Å². The van der Waals surface area contributed by atoms with E-state index in [4.69, 9.17) is 16.3 Å². The number of ether oxygens (including phenoxy) is 1. The van der Waals surface area contributed by atoms with Gasteiger partial charge in [0.05, 0.1) is 29.0 Å². The maximum absolute atomic E-state index is 14.4. The molecule has 1 heterocycles. The van der Waals surface area contributed by atoms with Gasteiger partial charge in [-0.15, -0.1) is 4.83 Å². The predicted octanol–water partition coefficient (Wildman–Crippen LogP) is 2.01. The Balaban J connectivity index is 1.74. The van der Waals surface area contributed by atoms with Crippen molar-refractivity contribution in [1.29, 1.82) is 0 Å². The molecule has 1 fully saturated rings. The summed E-state index contributed by atoms with van der Waals surface area (Å²) >= 11 is 5.95. The minimum absolute atomic E-state index is 0.237. The highest BCUT2D eigenvalue weighted by Gasteiger charge is 2.23. The lowest BCUT2D eigenvalue weighted by molar-refractivity contribution is 0.0428. The van der Waals surface area contributed by atoms with Crippen molar-refractivity contribution in [2.24, 2.45) is 0 Å². The second-order valence-corrected chi connectivity index (χ2v) is 8.90. The van der Waals surface area contributed by atoms with Gasteiger partial charge in [0.1, 0.15) is 0 Å². The van der Waals surface area contributed by atoms with Crippen molar-refractivity contribution in [2.45, 2.75) is 13.0 Å². The van der Waals surface area contributed by atoms with Gasteiger partial charge in [-0.1, -0.05) is 41.4 Å². The number of rotatable bonds is 6. The maximum atomic E-state index is 14.4. The molecule has 2 aromatic carbocycles. The van der Waals surface area contributed by atoms with Crippen LogP contribution in [-0.4, -0.2) is 45.9 Å². The Labute approximate surface area is 173 Å². The Bertz CT molecular complexity index is 1010. The number of hydrazine groups is 1. The molecule has 0 radical (unpaired) electrons. The number of benzene rings is 2. The van der Waals surface area contributed by atoms with Crippen LogP contribution in [0.1, 0.15) is 15.9 Å². The van der Waals surface area contributed by atoms with Crippen LogP contribution in [0, 0.1) is 12.7 Å². The van der Waals surface area contributed by atoms with Crippen molar-refractivity contribution in [2.75, 3.05) is 25.4 Å². The number of carbonyl (C=O) groups is 1. The fourth-order valence-electron chi connectivity index (χ4n) is 2.95. The number of morpholine rings is 1. The van der Waals surface area contributed by atoms with Gasteiger partial charge >= 0.3 is 0 Å². The van der Waals surface area contributed by atoms with E-state index < -0.39 is 27.9 Å². The summed E-state index contributed by atoms with van der Waals surface area (Å²) in [6.07, 6.45) is -0.533. The molecule has 1 saturated heterocycles. The first kappa shape index (κ1) is 21.7. The van der Waals surface area contributed by atoms with Crippen LogP contribution < -0.4 is 15.6 Å². The molecule has 10 heteroatoms. The Kier molecular flexibility index (Phi) is 6.86. The summed E-state index contributed by atoms with van der Waals surface area (Å²) < 4.78 is 44.1. The van der Waals surface area contributed by atoms with E-state index in [0.717, 1.165) is 11.1 Å². The molecule has 1 aliphatic rings. The van der Waals surface area contributed by atoms with Gasteiger partial charge in [-0.25, -0.2) is 12.8 Å². The van der Waals surface area contributed by atoms with Crippen LogP contribution in [0.25, 0.3) is 11.1 Å². The normalized spacial score (nSPS) is 17.1. The molecule has 1 aliphatic heterocycles. The summed E-state index contributed by atoms with van der Waals surface area (Å²) in [5, 5.41) is 2.78. The van der Waals surface area contributed by atoms with E-state index in [0.29, 0.717) is 25.3 Å². The molecule has 3 rings (SSSR count). The molecular weight excluding hydrogens is 421 g/mol. The zero-order valence-corrected chi connectivity index (χ0v) is 17.2. The summed E-state index contributed by atoms with van der Waals surface area (Å²) in [5.41, 5.74) is 3.94. The van der Waals surface area contributed by atoms with Crippen LogP contribution in [0.4, 0.5) is 4.39 Å². The molecule has 1 amide bonds. The zero-order chi connectivity index (χ0) is 21.0. The second kappa shape index (κ2) is 9.19. The molecule has 0 aromatic heterocycles. The molecular formula is C19H21ClFN3O4S. The van der Waals surface area contributed by atoms with Crippen molar-refractivity contribution in [3.05, 3.63) is 58.4 Å². The smallest absolute Gasteiger partial charge is 0.269 e. The first-order chi connectivity index (χ1) is 13.7. The number of halogens is 2. The number of sulfonamides is 1. The Hall–Kier alpha value is -2.04. The Morgan fingerprint density at radius 3 is 2.79 bits per heavy atom. The van der Waals surface area contributed by atoms with Crippen molar-refractivity contribution in [3.63, 3.8) is 0 Å². The fraction of sp³-hybridized carbons (Fsp3) is 0.316. The lowest BCUT2D eigenvalue weighted by atomic mass is 10.0. The lowest BCUT2D eigenvalue weighted by Gasteiger charge is -2.23. The SMILES string of the molecule is Cc1cccc(-c2cc(Cl)c(F)c(C(=O)NNS(=O)(=O)CC3CNCCO3)c2)c1. The average Bonchev–Trinajstić information content (AvgIpc) is 2.68. The molecule has 156 valence electrons. The highest BCUT2D eigenvalue weighted by atomic mass is 35.5. The molecule has 0 bridgehead atoms. The van der Waals surface area contributed by atoms with E-state index in [1.165, 1.54) is 12.1 Å². The molecule has 1 unspecified atom stereocenters. The van der Waals surface area contributed by atoms with Gasteiger partial charge in [0, 0.05) is 13.1 Å². The van der Waals surface area contributed by atoms with Crippen LogP contribution in [0.3, 0.4) is 0 Å².